The Hall–Kier alpha value is -0.570. The van der Waals surface area contributed by atoms with E-state index in [9.17, 15) is 4.79 Å². The predicted octanol–water partition coefficient (Wildman–Crippen LogP) is 2.15. The van der Waals surface area contributed by atoms with Crippen LogP contribution in [0.15, 0.2) is 0 Å². The molecule has 0 radical (unpaired) electrons. The molecular formula is C11H21NO2. The van der Waals surface area contributed by atoms with Gasteiger partial charge in [0, 0.05) is 12.5 Å². The Morgan fingerprint density at radius 3 is 2.57 bits per heavy atom. The molecule has 14 heavy (non-hydrogen) atoms. The standard InChI is InChI=1S/C11H21NO2/c12-10(6-7-11(13)14)8-9-4-2-1-3-5-9/h9-10H,1-8,12H2,(H,13,14)/t10-/m1/s1. The van der Waals surface area contributed by atoms with Crippen LogP contribution in [0.2, 0.25) is 0 Å². The van der Waals surface area contributed by atoms with Crippen LogP contribution in [0.5, 0.6) is 0 Å². The van der Waals surface area contributed by atoms with Gasteiger partial charge in [0.1, 0.15) is 0 Å². The summed E-state index contributed by atoms with van der Waals surface area (Å²) >= 11 is 0. The lowest BCUT2D eigenvalue weighted by molar-refractivity contribution is -0.137. The Balaban J connectivity index is 2.11. The van der Waals surface area contributed by atoms with Gasteiger partial charge in [-0.3, -0.25) is 4.79 Å². The van der Waals surface area contributed by atoms with Crippen molar-refractivity contribution >= 4 is 5.97 Å². The van der Waals surface area contributed by atoms with E-state index in [1.54, 1.807) is 0 Å². The number of hydrogen-bond donors (Lipinski definition) is 2. The summed E-state index contributed by atoms with van der Waals surface area (Å²) in [6, 6.07) is 0.0919. The number of aliphatic carboxylic acids is 1. The molecule has 3 N–H and O–H groups in total. The summed E-state index contributed by atoms with van der Waals surface area (Å²) in [6.07, 6.45) is 8.47. The van der Waals surface area contributed by atoms with Gasteiger partial charge in [-0.25, -0.2) is 0 Å². The molecule has 3 nitrogen and oxygen atoms in total. The van der Waals surface area contributed by atoms with E-state index in [4.69, 9.17) is 10.8 Å². The first-order valence-electron chi connectivity index (χ1n) is 5.66. The minimum atomic E-state index is -0.732. The maximum absolute atomic E-state index is 10.3. The summed E-state index contributed by atoms with van der Waals surface area (Å²) in [7, 11) is 0. The molecule has 0 saturated heterocycles. The third kappa shape index (κ3) is 4.61. The molecule has 0 heterocycles. The average Bonchev–Trinajstić information content (AvgIpc) is 2.16. The predicted molar refractivity (Wildman–Crippen MR) is 56.0 cm³/mol. The van der Waals surface area contributed by atoms with E-state index in [1.165, 1.54) is 32.1 Å². The Morgan fingerprint density at radius 1 is 1.36 bits per heavy atom. The molecule has 0 aromatic heterocycles. The molecule has 0 aromatic carbocycles. The molecular weight excluding hydrogens is 178 g/mol. The maximum atomic E-state index is 10.3. The van der Waals surface area contributed by atoms with Gasteiger partial charge in [-0.2, -0.15) is 0 Å². The summed E-state index contributed by atoms with van der Waals surface area (Å²) in [5.74, 6) is 0.0247. The number of hydrogen-bond acceptors (Lipinski definition) is 2. The van der Waals surface area contributed by atoms with Crippen LogP contribution in [-0.4, -0.2) is 17.1 Å². The van der Waals surface area contributed by atoms with Crippen LogP contribution < -0.4 is 5.73 Å². The molecule has 0 aromatic rings. The number of nitrogens with two attached hydrogens (primary N) is 1. The van der Waals surface area contributed by atoms with E-state index in [0.29, 0.717) is 6.42 Å². The molecule has 1 saturated carbocycles. The zero-order valence-corrected chi connectivity index (χ0v) is 8.74. The fraction of sp³-hybridized carbons (Fsp3) is 0.909. The second-order valence-corrected chi connectivity index (χ2v) is 4.43. The normalized spacial score (nSPS) is 20.6. The zero-order chi connectivity index (χ0) is 10.4. The van der Waals surface area contributed by atoms with Crippen molar-refractivity contribution < 1.29 is 9.90 Å². The molecule has 1 aliphatic rings. The fourth-order valence-corrected chi connectivity index (χ4v) is 2.28. The van der Waals surface area contributed by atoms with Crippen LogP contribution in [-0.2, 0) is 4.79 Å². The Labute approximate surface area is 85.7 Å². The SMILES string of the molecule is N[C@H](CCC(=O)O)CC1CCCCC1. The molecule has 1 atom stereocenters. The van der Waals surface area contributed by atoms with Crippen LogP contribution in [0, 0.1) is 5.92 Å². The zero-order valence-electron chi connectivity index (χ0n) is 8.74. The van der Waals surface area contributed by atoms with Crippen molar-refractivity contribution in [1.29, 1.82) is 0 Å². The summed E-state index contributed by atoms with van der Waals surface area (Å²) in [5.41, 5.74) is 5.89. The first kappa shape index (κ1) is 11.5. The van der Waals surface area contributed by atoms with Gasteiger partial charge in [-0.1, -0.05) is 32.1 Å². The molecule has 0 bridgehead atoms. The minimum Gasteiger partial charge on any atom is -0.481 e. The van der Waals surface area contributed by atoms with E-state index in [1.807, 2.05) is 0 Å². The topological polar surface area (TPSA) is 63.3 Å². The van der Waals surface area contributed by atoms with Crippen molar-refractivity contribution in [3.05, 3.63) is 0 Å². The molecule has 1 rings (SSSR count). The Bertz CT molecular complexity index is 176. The first-order valence-corrected chi connectivity index (χ1v) is 5.66. The Kier molecular flexibility index (Phi) is 4.94. The van der Waals surface area contributed by atoms with Crippen LogP contribution in [0.1, 0.15) is 51.4 Å². The van der Waals surface area contributed by atoms with Crippen LogP contribution in [0.25, 0.3) is 0 Å². The van der Waals surface area contributed by atoms with E-state index < -0.39 is 5.97 Å². The van der Waals surface area contributed by atoms with Crippen molar-refractivity contribution in [2.45, 2.75) is 57.4 Å². The van der Waals surface area contributed by atoms with Crippen LogP contribution >= 0.6 is 0 Å². The van der Waals surface area contributed by atoms with E-state index >= 15 is 0 Å². The average molecular weight is 199 g/mol. The lowest BCUT2D eigenvalue weighted by Crippen LogP contribution is -2.25. The highest BCUT2D eigenvalue weighted by atomic mass is 16.4. The van der Waals surface area contributed by atoms with Gasteiger partial charge in [-0.05, 0) is 18.8 Å². The second kappa shape index (κ2) is 6.02. The first-order chi connectivity index (χ1) is 6.68. The van der Waals surface area contributed by atoms with Crippen molar-refractivity contribution in [3.63, 3.8) is 0 Å². The van der Waals surface area contributed by atoms with Gasteiger partial charge >= 0.3 is 5.97 Å². The van der Waals surface area contributed by atoms with Crippen LogP contribution in [0.3, 0.4) is 0 Å². The highest BCUT2D eigenvalue weighted by Crippen LogP contribution is 2.27. The monoisotopic (exact) mass is 199 g/mol. The molecule has 1 fully saturated rings. The molecule has 1 aliphatic carbocycles. The number of carbonyl (C=O) groups is 1. The number of carboxylic acid groups (broad SMARTS) is 1. The van der Waals surface area contributed by atoms with E-state index in [-0.39, 0.29) is 12.5 Å². The van der Waals surface area contributed by atoms with Gasteiger partial charge in [0.2, 0.25) is 0 Å². The highest BCUT2D eigenvalue weighted by Gasteiger charge is 2.16. The molecule has 3 heteroatoms. The highest BCUT2D eigenvalue weighted by molar-refractivity contribution is 5.66. The smallest absolute Gasteiger partial charge is 0.303 e. The van der Waals surface area contributed by atoms with Gasteiger partial charge in [0.05, 0.1) is 0 Å². The minimum absolute atomic E-state index is 0.0919. The molecule has 0 unspecified atom stereocenters. The van der Waals surface area contributed by atoms with Crippen molar-refractivity contribution in [3.8, 4) is 0 Å². The quantitative estimate of drug-likeness (QED) is 0.713. The molecule has 0 amide bonds. The summed E-state index contributed by atoms with van der Waals surface area (Å²) in [5, 5.41) is 8.51. The number of rotatable bonds is 5. The third-order valence-corrected chi connectivity index (χ3v) is 3.09. The summed E-state index contributed by atoms with van der Waals surface area (Å²) < 4.78 is 0. The molecule has 82 valence electrons. The molecule has 0 spiro atoms. The molecule has 0 aliphatic heterocycles. The Morgan fingerprint density at radius 2 is 2.00 bits per heavy atom. The van der Waals surface area contributed by atoms with E-state index in [2.05, 4.69) is 0 Å². The van der Waals surface area contributed by atoms with Crippen LogP contribution in [0.4, 0.5) is 0 Å². The van der Waals surface area contributed by atoms with E-state index in [0.717, 1.165) is 12.3 Å². The van der Waals surface area contributed by atoms with Gasteiger partial charge in [-0.15, -0.1) is 0 Å². The lowest BCUT2D eigenvalue weighted by Gasteiger charge is -2.24. The van der Waals surface area contributed by atoms with Crippen molar-refractivity contribution in [2.24, 2.45) is 11.7 Å². The van der Waals surface area contributed by atoms with Crippen molar-refractivity contribution in [1.82, 2.24) is 0 Å². The van der Waals surface area contributed by atoms with Crippen molar-refractivity contribution in [2.75, 3.05) is 0 Å². The maximum Gasteiger partial charge on any atom is 0.303 e. The second-order valence-electron chi connectivity index (χ2n) is 4.43. The number of carboxylic acids is 1. The largest absolute Gasteiger partial charge is 0.481 e. The van der Waals surface area contributed by atoms with Gasteiger partial charge < -0.3 is 10.8 Å². The lowest BCUT2D eigenvalue weighted by atomic mass is 9.84. The third-order valence-electron chi connectivity index (χ3n) is 3.09. The fourth-order valence-electron chi connectivity index (χ4n) is 2.28. The van der Waals surface area contributed by atoms with Gasteiger partial charge in [0.15, 0.2) is 0 Å². The van der Waals surface area contributed by atoms with Gasteiger partial charge in [0.25, 0.3) is 0 Å². The summed E-state index contributed by atoms with van der Waals surface area (Å²) in [6.45, 7) is 0. The summed E-state index contributed by atoms with van der Waals surface area (Å²) in [4.78, 5) is 10.3.